The molecule has 1 aliphatic rings. The van der Waals surface area contributed by atoms with Crippen molar-refractivity contribution in [3.05, 3.63) is 89.7 Å². The summed E-state index contributed by atoms with van der Waals surface area (Å²) in [4.78, 5) is 28.6. The van der Waals surface area contributed by atoms with Crippen LogP contribution >= 0.6 is 0 Å². The number of aryl methyl sites for hydroxylation is 1. The smallest absolute Gasteiger partial charge is 0.264 e. The van der Waals surface area contributed by atoms with E-state index in [9.17, 15) is 22.4 Å². The second-order valence-corrected chi connectivity index (χ2v) is 12.2. The molecule has 1 atom stereocenters. The summed E-state index contributed by atoms with van der Waals surface area (Å²) in [6.45, 7) is 3.02. The number of anilines is 1. The zero-order chi connectivity index (χ0) is 29.6. The Morgan fingerprint density at radius 2 is 1.68 bits per heavy atom. The summed E-state index contributed by atoms with van der Waals surface area (Å²) in [5.41, 5.74) is 1.91. The fourth-order valence-corrected chi connectivity index (χ4v) is 6.33. The first-order valence-electron chi connectivity index (χ1n) is 13.7. The maximum absolute atomic E-state index is 14.0. The van der Waals surface area contributed by atoms with Gasteiger partial charge in [0.2, 0.25) is 11.8 Å². The summed E-state index contributed by atoms with van der Waals surface area (Å²) in [7, 11) is -2.72. The molecule has 0 heterocycles. The number of halogens is 1. The van der Waals surface area contributed by atoms with Crippen molar-refractivity contribution in [2.75, 3.05) is 18.0 Å². The van der Waals surface area contributed by atoms with Gasteiger partial charge in [-0.2, -0.15) is 0 Å². The second-order valence-electron chi connectivity index (χ2n) is 10.3. The maximum Gasteiger partial charge on any atom is 0.264 e. The molecule has 218 valence electrons. The molecule has 0 bridgehead atoms. The van der Waals surface area contributed by atoms with Gasteiger partial charge in [-0.3, -0.25) is 13.9 Å². The summed E-state index contributed by atoms with van der Waals surface area (Å²) in [5.74, 6) is -0.837. The molecule has 0 radical (unpaired) electrons. The van der Waals surface area contributed by atoms with E-state index in [1.54, 1.807) is 56.5 Å². The van der Waals surface area contributed by atoms with Gasteiger partial charge in [0.1, 0.15) is 24.2 Å². The molecule has 3 aromatic carbocycles. The first-order valence-corrected chi connectivity index (χ1v) is 15.1. The van der Waals surface area contributed by atoms with Crippen molar-refractivity contribution in [1.82, 2.24) is 10.2 Å². The van der Waals surface area contributed by atoms with Crippen LogP contribution in [0.1, 0.15) is 43.7 Å². The molecule has 4 rings (SSSR count). The Hall–Kier alpha value is -3.92. The second kappa shape index (κ2) is 13.2. The summed E-state index contributed by atoms with van der Waals surface area (Å²) < 4.78 is 47.5. The lowest BCUT2D eigenvalue weighted by Crippen LogP contribution is -2.52. The number of rotatable bonds is 11. The van der Waals surface area contributed by atoms with Gasteiger partial charge in [-0.05, 0) is 80.8 Å². The van der Waals surface area contributed by atoms with E-state index in [1.807, 2.05) is 13.0 Å². The van der Waals surface area contributed by atoms with E-state index in [2.05, 4.69) is 5.32 Å². The van der Waals surface area contributed by atoms with Gasteiger partial charge < -0.3 is 15.0 Å². The third-order valence-electron chi connectivity index (χ3n) is 7.36. The lowest BCUT2D eigenvalue weighted by Gasteiger charge is -2.32. The molecule has 0 spiro atoms. The van der Waals surface area contributed by atoms with Gasteiger partial charge in [-0.15, -0.1) is 0 Å². The van der Waals surface area contributed by atoms with Crippen LogP contribution in [-0.2, 0) is 26.2 Å². The van der Waals surface area contributed by atoms with Crippen molar-refractivity contribution >= 4 is 27.5 Å². The van der Waals surface area contributed by atoms with Crippen LogP contribution in [0.3, 0.4) is 0 Å². The minimum Gasteiger partial charge on any atom is -0.497 e. The van der Waals surface area contributed by atoms with Gasteiger partial charge in [0.15, 0.2) is 0 Å². The number of carbonyl (C=O) groups excluding carboxylic acids is 2. The molecule has 41 heavy (non-hydrogen) atoms. The molecule has 3 aromatic rings. The lowest BCUT2D eigenvalue weighted by atomic mass is 10.1. The fraction of sp³-hybridized carbons (Fsp3) is 0.355. The number of amides is 2. The van der Waals surface area contributed by atoms with Crippen molar-refractivity contribution < 1.29 is 27.1 Å². The molecular formula is C31H36FN3O5S. The minimum absolute atomic E-state index is 0.0571. The van der Waals surface area contributed by atoms with Gasteiger partial charge in [0.05, 0.1) is 17.7 Å². The number of ether oxygens (including phenoxy) is 1. The highest BCUT2D eigenvalue weighted by atomic mass is 32.2. The lowest BCUT2D eigenvalue weighted by molar-refractivity contribution is -0.139. The number of nitrogens with zero attached hydrogens (tertiary/aromatic N) is 2. The Bertz CT molecular complexity index is 1460. The summed E-state index contributed by atoms with van der Waals surface area (Å²) in [6.07, 6.45) is 3.86. The number of carbonyl (C=O) groups is 2. The van der Waals surface area contributed by atoms with Crippen LogP contribution in [0.25, 0.3) is 0 Å². The number of sulfonamides is 1. The van der Waals surface area contributed by atoms with E-state index >= 15 is 0 Å². The Labute approximate surface area is 241 Å². The highest BCUT2D eigenvalue weighted by molar-refractivity contribution is 7.92. The van der Waals surface area contributed by atoms with Gasteiger partial charge >= 0.3 is 0 Å². The van der Waals surface area contributed by atoms with Crippen LogP contribution in [0.5, 0.6) is 5.75 Å². The first kappa shape index (κ1) is 30.0. The zero-order valence-electron chi connectivity index (χ0n) is 23.5. The number of methoxy groups -OCH3 is 1. The predicted octanol–water partition coefficient (Wildman–Crippen LogP) is 4.81. The number of hydrogen-bond acceptors (Lipinski definition) is 5. The van der Waals surface area contributed by atoms with E-state index in [1.165, 1.54) is 17.0 Å². The Morgan fingerprint density at radius 1 is 1.02 bits per heavy atom. The molecule has 1 aliphatic carbocycles. The minimum atomic E-state index is -4.26. The topological polar surface area (TPSA) is 96.0 Å². The van der Waals surface area contributed by atoms with Crippen molar-refractivity contribution in [3.63, 3.8) is 0 Å². The average Bonchev–Trinajstić information content (AvgIpc) is 3.48. The van der Waals surface area contributed by atoms with Gasteiger partial charge in [0, 0.05) is 12.6 Å². The molecule has 0 aromatic heterocycles. The summed E-state index contributed by atoms with van der Waals surface area (Å²) >= 11 is 0. The third kappa shape index (κ3) is 7.43. The van der Waals surface area contributed by atoms with Gasteiger partial charge in [-0.25, -0.2) is 12.8 Å². The fourth-order valence-electron chi connectivity index (χ4n) is 4.92. The molecule has 1 N–H and O–H groups in total. The van der Waals surface area contributed by atoms with Crippen LogP contribution < -0.4 is 14.4 Å². The SMILES string of the molecule is COc1cccc(CN(C(=O)CN(c2ccc(C)cc2)S(=O)(=O)c2ccc(F)cc2)C(C)C(=O)NC2CCCC2)c1. The highest BCUT2D eigenvalue weighted by Gasteiger charge is 2.33. The van der Waals surface area contributed by atoms with E-state index in [4.69, 9.17) is 4.74 Å². The van der Waals surface area contributed by atoms with E-state index in [-0.39, 0.29) is 29.1 Å². The van der Waals surface area contributed by atoms with Crippen LogP contribution in [-0.4, -0.2) is 50.9 Å². The molecule has 1 fully saturated rings. The van der Waals surface area contributed by atoms with Crippen molar-refractivity contribution in [2.24, 2.45) is 0 Å². The molecule has 2 amide bonds. The van der Waals surface area contributed by atoms with Crippen LogP contribution in [0.15, 0.2) is 77.7 Å². The molecular weight excluding hydrogens is 545 g/mol. The molecule has 8 nitrogen and oxygen atoms in total. The van der Waals surface area contributed by atoms with Crippen LogP contribution in [0.2, 0.25) is 0 Å². The zero-order valence-corrected chi connectivity index (χ0v) is 24.4. The summed E-state index contributed by atoms with van der Waals surface area (Å²) in [5, 5.41) is 3.05. The molecule has 0 aliphatic heterocycles. The Kier molecular flexibility index (Phi) is 9.65. The quantitative estimate of drug-likeness (QED) is 0.351. The van der Waals surface area contributed by atoms with Crippen molar-refractivity contribution in [1.29, 1.82) is 0 Å². The Balaban J connectivity index is 1.68. The molecule has 1 unspecified atom stereocenters. The van der Waals surface area contributed by atoms with E-state index in [0.29, 0.717) is 5.75 Å². The molecule has 1 saturated carbocycles. The number of hydrogen-bond donors (Lipinski definition) is 1. The van der Waals surface area contributed by atoms with Crippen molar-refractivity contribution in [2.45, 2.75) is 63.1 Å². The van der Waals surface area contributed by atoms with Crippen molar-refractivity contribution in [3.8, 4) is 5.75 Å². The average molecular weight is 582 g/mol. The van der Waals surface area contributed by atoms with E-state index in [0.717, 1.165) is 53.2 Å². The van der Waals surface area contributed by atoms with E-state index < -0.39 is 34.3 Å². The normalized spacial score (nSPS) is 14.3. The molecule has 10 heteroatoms. The third-order valence-corrected chi connectivity index (χ3v) is 9.15. The molecule has 0 saturated heterocycles. The highest BCUT2D eigenvalue weighted by Crippen LogP contribution is 2.26. The number of benzene rings is 3. The maximum atomic E-state index is 14.0. The standard InChI is InChI=1S/C31H36FN3O5S/c1-22-11-15-27(16-12-22)35(41(38,39)29-17-13-25(32)14-18-29)21-30(36)34(20-24-7-6-10-28(19-24)40-3)23(2)31(37)33-26-8-4-5-9-26/h6-7,10-19,23,26H,4-5,8-9,20-21H2,1-3H3,(H,33,37). The first-order chi connectivity index (χ1) is 19.6. The van der Waals surface area contributed by atoms with Gasteiger partial charge in [-0.1, -0.05) is 42.7 Å². The largest absolute Gasteiger partial charge is 0.497 e. The monoisotopic (exact) mass is 581 g/mol. The van der Waals surface area contributed by atoms with Gasteiger partial charge in [0.25, 0.3) is 10.0 Å². The van der Waals surface area contributed by atoms with Crippen LogP contribution in [0.4, 0.5) is 10.1 Å². The number of nitrogens with one attached hydrogen (secondary N) is 1. The summed E-state index contributed by atoms with van der Waals surface area (Å²) in [6, 6.07) is 17.5. The predicted molar refractivity (Wildman–Crippen MR) is 156 cm³/mol. The Morgan fingerprint density at radius 3 is 2.32 bits per heavy atom. The van der Waals surface area contributed by atoms with Crippen LogP contribution in [0, 0.1) is 12.7 Å².